The van der Waals surface area contributed by atoms with Gasteiger partial charge in [0.1, 0.15) is 12.1 Å². The highest BCUT2D eigenvalue weighted by molar-refractivity contribution is 6.32. The number of benzene rings is 3. The third-order valence-corrected chi connectivity index (χ3v) is 5.29. The topological polar surface area (TPSA) is 95.2 Å². The van der Waals surface area contributed by atoms with Crippen molar-refractivity contribution in [1.82, 2.24) is 9.97 Å². The Morgan fingerprint density at radius 3 is 2.47 bits per heavy atom. The molecule has 0 spiro atoms. The maximum absolute atomic E-state index is 12.2. The summed E-state index contributed by atoms with van der Waals surface area (Å²) >= 11 is 12.1. The van der Waals surface area contributed by atoms with Crippen molar-refractivity contribution in [2.45, 2.75) is 0 Å². The number of non-ortho nitro benzene ring substituents is 1. The zero-order valence-electron chi connectivity index (χ0n) is 17.4. The van der Waals surface area contributed by atoms with Crippen LogP contribution in [0.5, 0.6) is 11.6 Å². The lowest BCUT2D eigenvalue weighted by atomic mass is 10.1. The molecule has 1 aromatic heterocycles. The number of allylic oxidation sites excluding steroid dienone is 2. The van der Waals surface area contributed by atoms with Gasteiger partial charge < -0.3 is 4.74 Å². The highest BCUT2D eigenvalue weighted by Gasteiger charge is 2.09. The maximum Gasteiger partial charge on any atom is 0.270 e. The fourth-order valence-electron chi connectivity index (χ4n) is 3.02. The molecule has 0 atom stereocenters. The van der Waals surface area contributed by atoms with Gasteiger partial charge in [-0.2, -0.15) is 0 Å². The van der Waals surface area contributed by atoms with E-state index >= 15 is 0 Å². The number of nitro benzene ring substituents is 1. The number of carbonyl (C=O) groups is 1. The number of hydrogen-bond acceptors (Lipinski definition) is 6. The highest BCUT2D eigenvalue weighted by atomic mass is 35.5. The molecule has 9 heteroatoms. The molecule has 34 heavy (non-hydrogen) atoms. The molecular weight excluding hydrogens is 477 g/mol. The Balaban J connectivity index is 1.43. The molecule has 1 heterocycles. The van der Waals surface area contributed by atoms with Gasteiger partial charge in [-0.1, -0.05) is 41.4 Å². The Kier molecular flexibility index (Phi) is 6.96. The lowest BCUT2D eigenvalue weighted by Gasteiger charge is -2.07. The summed E-state index contributed by atoms with van der Waals surface area (Å²) in [6.07, 6.45) is 7.19. The maximum atomic E-state index is 12.2. The molecule has 0 aliphatic rings. The summed E-state index contributed by atoms with van der Waals surface area (Å²) < 4.78 is 5.88. The first kappa shape index (κ1) is 23.1. The predicted octanol–water partition coefficient (Wildman–Crippen LogP) is 6.93. The number of nitrogens with zero attached hydrogens (tertiary/aromatic N) is 3. The van der Waals surface area contributed by atoms with Crippen LogP contribution in [0.15, 0.2) is 79.1 Å². The average Bonchev–Trinajstić information content (AvgIpc) is 2.83. The van der Waals surface area contributed by atoms with E-state index in [4.69, 9.17) is 27.9 Å². The van der Waals surface area contributed by atoms with Gasteiger partial charge in [0.2, 0.25) is 5.88 Å². The Morgan fingerprint density at radius 1 is 0.941 bits per heavy atom. The van der Waals surface area contributed by atoms with Crippen LogP contribution >= 0.6 is 23.2 Å². The molecule has 7 nitrogen and oxygen atoms in total. The van der Waals surface area contributed by atoms with Crippen molar-refractivity contribution in [1.29, 1.82) is 0 Å². The van der Waals surface area contributed by atoms with E-state index in [1.165, 1.54) is 42.8 Å². The van der Waals surface area contributed by atoms with Crippen molar-refractivity contribution in [2.24, 2.45) is 0 Å². The largest absolute Gasteiger partial charge is 0.438 e. The second-order valence-corrected chi connectivity index (χ2v) is 7.89. The molecular formula is C25H15Cl2N3O4. The van der Waals surface area contributed by atoms with E-state index in [1.807, 2.05) is 0 Å². The number of nitro groups is 1. The molecule has 0 bridgehead atoms. The molecule has 0 N–H and O–H groups in total. The van der Waals surface area contributed by atoms with E-state index in [2.05, 4.69) is 9.97 Å². The van der Waals surface area contributed by atoms with Crippen LogP contribution in [0.25, 0.3) is 23.1 Å². The fraction of sp³-hybridized carbons (Fsp3) is 0. The van der Waals surface area contributed by atoms with Crippen LogP contribution in [-0.4, -0.2) is 20.7 Å². The molecule has 4 rings (SSSR count). The van der Waals surface area contributed by atoms with E-state index < -0.39 is 4.92 Å². The van der Waals surface area contributed by atoms with Crippen LogP contribution in [0.3, 0.4) is 0 Å². The first-order valence-corrected chi connectivity index (χ1v) is 10.7. The predicted molar refractivity (Wildman–Crippen MR) is 132 cm³/mol. The zero-order chi connectivity index (χ0) is 24.1. The lowest BCUT2D eigenvalue weighted by molar-refractivity contribution is -0.384. The summed E-state index contributed by atoms with van der Waals surface area (Å²) in [5.41, 5.74) is 1.77. The van der Waals surface area contributed by atoms with Gasteiger partial charge in [-0.25, -0.2) is 9.97 Å². The van der Waals surface area contributed by atoms with Gasteiger partial charge in [-0.15, -0.1) is 0 Å². The van der Waals surface area contributed by atoms with Crippen LogP contribution in [-0.2, 0) is 4.79 Å². The zero-order valence-corrected chi connectivity index (χ0v) is 18.9. The molecule has 168 valence electrons. The smallest absolute Gasteiger partial charge is 0.270 e. The highest BCUT2D eigenvalue weighted by Crippen LogP contribution is 2.29. The van der Waals surface area contributed by atoms with Gasteiger partial charge in [0.15, 0.2) is 5.78 Å². The third-order valence-electron chi connectivity index (χ3n) is 4.71. The Hall–Kier alpha value is -4.07. The monoisotopic (exact) mass is 491 g/mol. The van der Waals surface area contributed by atoms with Gasteiger partial charge in [-0.3, -0.25) is 14.9 Å². The third kappa shape index (κ3) is 5.64. The van der Waals surface area contributed by atoms with Gasteiger partial charge in [0.05, 0.1) is 15.8 Å². The standard InChI is InChI=1S/C25H15Cl2N3O4/c26-18-5-12-24-22(14-18)25(29-15-28-24)34-21-9-2-16(3-10-21)1-7-20(31)8-4-17-13-19(30(32)33)6-11-23(17)27/h1-15H/b7-1+,8-4+. The SMILES string of the molecule is O=C(/C=C/c1ccc(Oc2ncnc3ccc(Cl)cc23)cc1)/C=C/c1cc([N+](=O)[O-])ccc1Cl. The molecule has 0 aliphatic carbocycles. The van der Waals surface area contributed by atoms with E-state index in [0.29, 0.717) is 38.1 Å². The van der Waals surface area contributed by atoms with Crippen molar-refractivity contribution in [3.63, 3.8) is 0 Å². The first-order valence-electron chi connectivity index (χ1n) is 9.91. The second-order valence-electron chi connectivity index (χ2n) is 7.04. The molecule has 0 aliphatic heterocycles. The van der Waals surface area contributed by atoms with Crippen molar-refractivity contribution in [2.75, 3.05) is 0 Å². The van der Waals surface area contributed by atoms with Gasteiger partial charge in [-0.05, 0) is 65.8 Å². The molecule has 0 unspecified atom stereocenters. The van der Waals surface area contributed by atoms with Crippen LogP contribution in [0, 0.1) is 10.1 Å². The van der Waals surface area contributed by atoms with Crippen molar-refractivity contribution in [3.05, 3.63) is 110 Å². The second kappa shape index (κ2) is 10.2. The number of rotatable bonds is 7. The van der Waals surface area contributed by atoms with E-state index in [-0.39, 0.29) is 11.5 Å². The minimum atomic E-state index is -0.523. The van der Waals surface area contributed by atoms with E-state index in [0.717, 1.165) is 5.56 Å². The summed E-state index contributed by atoms with van der Waals surface area (Å²) in [6, 6.07) is 16.4. The van der Waals surface area contributed by atoms with Gasteiger partial charge in [0.25, 0.3) is 5.69 Å². The number of fused-ring (bicyclic) bond motifs is 1. The van der Waals surface area contributed by atoms with Gasteiger partial charge >= 0.3 is 0 Å². The first-order chi connectivity index (χ1) is 16.4. The molecule has 0 saturated carbocycles. The van der Waals surface area contributed by atoms with E-state index in [1.54, 1.807) is 48.5 Å². The minimum absolute atomic E-state index is 0.104. The minimum Gasteiger partial charge on any atom is -0.438 e. The quantitative estimate of drug-likeness (QED) is 0.158. The number of carbonyl (C=O) groups excluding carboxylic acids is 1. The Morgan fingerprint density at radius 2 is 1.71 bits per heavy atom. The van der Waals surface area contributed by atoms with Crippen LogP contribution in [0.4, 0.5) is 5.69 Å². The Bertz CT molecular complexity index is 1450. The number of aromatic nitrogens is 2. The Labute approximate surface area is 204 Å². The molecule has 0 radical (unpaired) electrons. The number of ketones is 1. The normalized spacial score (nSPS) is 11.4. The summed E-state index contributed by atoms with van der Waals surface area (Å²) in [4.78, 5) is 30.9. The van der Waals surface area contributed by atoms with Crippen molar-refractivity contribution in [3.8, 4) is 11.6 Å². The molecule has 0 fully saturated rings. The molecule has 0 saturated heterocycles. The number of halogens is 2. The van der Waals surface area contributed by atoms with Crippen molar-refractivity contribution < 1.29 is 14.5 Å². The van der Waals surface area contributed by atoms with Crippen LogP contribution in [0.2, 0.25) is 10.0 Å². The molecule has 0 amide bonds. The lowest BCUT2D eigenvalue weighted by Crippen LogP contribution is -1.91. The summed E-state index contributed by atoms with van der Waals surface area (Å²) in [5, 5.41) is 12.5. The van der Waals surface area contributed by atoms with Crippen LogP contribution < -0.4 is 4.74 Å². The van der Waals surface area contributed by atoms with Crippen molar-refractivity contribution >= 4 is 57.7 Å². The number of ether oxygens (including phenoxy) is 1. The molecule has 3 aromatic carbocycles. The van der Waals surface area contributed by atoms with Gasteiger partial charge in [0, 0.05) is 22.2 Å². The summed E-state index contributed by atoms with van der Waals surface area (Å²) in [7, 11) is 0. The fourth-order valence-corrected chi connectivity index (χ4v) is 3.38. The van der Waals surface area contributed by atoms with Crippen LogP contribution in [0.1, 0.15) is 11.1 Å². The number of hydrogen-bond donors (Lipinski definition) is 0. The molecule has 4 aromatic rings. The summed E-state index contributed by atoms with van der Waals surface area (Å²) in [6.45, 7) is 0. The average molecular weight is 492 g/mol. The summed E-state index contributed by atoms with van der Waals surface area (Å²) in [5.74, 6) is 0.645. The van der Waals surface area contributed by atoms with E-state index in [9.17, 15) is 14.9 Å².